The highest BCUT2D eigenvalue weighted by Crippen LogP contribution is 2.40. The van der Waals surface area contributed by atoms with Crippen LogP contribution in [-0.4, -0.2) is 107 Å². The number of hydrogen-bond donors (Lipinski definition) is 3. The van der Waals surface area contributed by atoms with Gasteiger partial charge in [-0.05, 0) is 296 Å². The summed E-state index contributed by atoms with van der Waals surface area (Å²) < 4.78 is 85.3. The van der Waals surface area contributed by atoms with Crippen LogP contribution in [-0.2, 0) is 67.6 Å². The largest absolute Gasteiger partial charge is 0.501 e. The average Bonchev–Trinajstić information content (AvgIpc) is 1.64. The molecule has 2 saturated carbocycles. The first-order valence-electron chi connectivity index (χ1n) is 45.9. The zero-order valence-corrected chi connectivity index (χ0v) is 77.1. The Morgan fingerprint density at radius 2 is 0.765 bits per heavy atom. The van der Waals surface area contributed by atoms with E-state index in [1.807, 2.05) is 167 Å². The fourth-order valence-electron chi connectivity index (χ4n) is 16.3. The lowest BCUT2D eigenvalue weighted by molar-refractivity contribution is 0.201. The summed E-state index contributed by atoms with van der Waals surface area (Å²) >= 11 is 0. The number of aromatic nitrogens is 3. The molecule has 26 nitrogen and oxygen atoms in total. The first kappa shape index (κ1) is 99.9. The number of nitrogens with zero attached hydrogens (tertiary/aromatic N) is 8. The molecule has 0 spiro atoms. The third-order valence-electron chi connectivity index (χ3n) is 23.1. The summed E-state index contributed by atoms with van der Waals surface area (Å²) in [5, 5.41) is 9.67. The molecule has 0 amide bonds. The van der Waals surface area contributed by atoms with Gasteiger partial charge in [0.2, 0.25) is 52.1 Å². The molecule has 21 rings (SSSR count). The zero-order valence-electron chi connectivity index (χ0n) is 77.1. The van der Waals surface area contributed by atoms with E-state index in [9.17, 15) is 5.02 Å². The Morgan fingerprint density at radius 1 is 0.382 bits per heavy atom. The number of para-hydroxylation sites is 2. The van der Waals surface area contributed by atoms with E-state index in [-0.39, 0.29) is 47.3 Å². The van der Waals surface area contributed by atoms with E-state index in [1.165, 1.54) is 51.4 Å². The Kier molecular flexibility index (Phi) is 36.8. The molecule has 3 aromatic heterocycles. The van der Waals surface area contributed by atoms with E-state index in [4.69, 9.17) is 108 Å². The van der Waals surface area contributed by atoms with Gasteiger partial charge >= 0.3 is 42.3 Å². The van der Waals surface area contributed by atoms with Crippen molar-refractivity contribution in [3.05, 3.63) is 304 Å². The second-order valence-electron chi connectivity index (χ2n) is 32.8. The van der Waals surface area contributed by atoms with Gasteiger partial charge in [0.15, 0.2) is 0 Å². The van der Waals surface area contributed by atoms with E-state index in [0.29, 0.717) is 121 Å². The van der Waals surface area contributed by atoms with E-state index in [2.05, 4.69) is 90.0 Å². The quantitative estimate of drug-likeness (QED) is 0.0501. The molecule has 5 N–H and O–H groups in total. The molecule has 136 heavy (non-hydrogen) atoms. The van der Waals surface area contributed by atoms with Gasteiger partial charge in [-0.15, -0.1) is 0 Å². The second-order valence-corrected chi connectivity index (χ2v) is 32.8. The van der Waals surface area contributed by atoms with Gasteiger partial charge in [0.25, 0.3) is 0 Å². The number of nitrogens with two attached hydrogens (primary N) is 2. The number of ether oxygens (including phenoxy) is 9. The van der Waals surface area contributed by atoms with Crippen LogP contribution in [0.2, 0.25) is 27.3 Å². The minimum atomic E-state index is -0.869. The molecule has 1 saturated heterocycles. The summed E-state index contributed by atoms with van der Waals surface area (Å²) in [6.07, 6.45) is 11.4. The first-order valence-corrected chi connectivity index (χ1v) is 45.9. The SMILES string of the molecule is C.CB1OCc2cc(Oc3ccccc3)ccc21.CB1OCc2ccc(Oc3ccccc3)cc21.CCN.CCN.[C-]#[N+]c1ccc(Oc2ccc3c(c2)COB3C)cc1OC1CCCC1.[C-]#[N+]c1ccc(Oc2ccc3c(c2)COB3C)nc1OCC.[C-]#[N+]c1ccc(Oc2ccc3c(c2)COB3O)nc1OC1CCCC1.[C-]#[N+]c1ccc(Oc2ccc3c(c2)CO[B]3)nc1N1CCCC1. The van der Waals surface area contributed by atoms with Crippen molar-refractivity contribution in [2.75, 3.05) is 37.7 Å². The molecule has 9 aliphatic rings. The Labute approximate surface area is 800 Å². The van der Waals surface area contributed by atoms with E-state index in [1.54, 1.807) is 62.1 Å². The van der Waals surface area contributed by atoms with Crippen LogP contribution in [0.4, 0.5) is 28.6 Å². The number of anilines is 1. The molecular weight excluding hydrogens is 1710 g/mol. The van der Waals surface area contributed by atoms with E-state index in [0.717, 1.165) is 145 Å². The summed E-state index contributed by atoms with van der Waals surface area (Å²) in [6.45, 7) is 51.0. The van der Waals surface area contributed by atoms with Crippen LogP contribution >= 0.6 is 0 Å². The van der Waals surface area contributed by atoms with Crippen molar-refractivity contribution in [2.24, 2.45) is 11.5 Å². The third kappa shape index (κ3) is 27.2. The van der Waals surface area contributed by atoms with Crippen LogP contribution in [0, 0.1) is 26.3 Å². The first-order chi connectivity index (χ1) is 66.0. The number of hydrogen-bond acceptors (Lipinski definition) is 22. The van der Waals surface area contributed by atoms with Crippen LogP contribution in [0.3, 0.4) is 0 Å². The van der Waals surface area contributed by atoms with Crippen LogP contribution in [0.15, 0.2) is 224 Å². The monoisotopic (exact) mass is 1820 g/mol. The highest BCUT2D eigenvalue weighted by molar-refractivity contribution is 6.69. The van der Waals surface area contributed by atoms with Crippen LogP contribution < -0.4 is 91.8 Å². The van der Waals surface area contributed by atoms with Gasteiger partial charge in [-0.25, -0.2) is 24.4 Å². The minimum absolute atomic E-state index is 0. The summed E-state index contributed by atoms with van der Waals surface area (Å²) in [6, 6.07) is 70.7. The molecule has 2 aliphatic carbocycles. The van der Waals surface area contributed by atoms with Crippen molar-refractivity contribution in [1.82, 2.24) is 15.0 Å². The number of fused-ring (bicyclic) bond motifs is 6. The fourth-order valence-corrected chi connectivity index (χ4v) is 16.3. The van der Waals surface area contributed by atoms with Crippen molar-refractivity contribution in [2.45, 2.75) is 172 Å². The Balaban J connectivity index is 0.000000137. The molecule has 0 bridgehead atoms. The minimum Gasteiger partial charge on any atom is -0.501 e. The molecule has 9 aromatic carbocycles. The number of rotatable bonds is 19. The normalized spacial score (nSPS) is 14.5. The maximum absolute atomic E-state index is 9.67. The van der Waals surface area contributed by atoms with Crippen LogP contribution in [0.1, 0.15) is 126 Å². The smallest absolute Gasteiger partial charge is 0.491 e. The Morgan fingerprint density at radius 3 is 1.27 bits per heavy atom. The maximum atomic E-state index is 9.67. The topological polar surface area (TPSA) is 270 Å². The summed E-state index contributed by atoms with van der Waals surface area (Å²) in [4.78, 5) is 29.4. The molecule has 7 aliphatic heterocycles. The molecule has 0 atom stereocenters. The predicted octanol–water partition coefficient (Wildman–Crippen LogP) is 19.9. The summed E-state index contributed by atoms with van der Waals surface area (Å²) in [7, 11) is 0.888. The molecule has 1 radical (unpaired) electrons. The van der Waals surface area contributed by atoms with Gasteiger partial charge in [-0.1, -0.05) is 121 Å². The Hall–Kier alpha value is -13.6. The van der Waals surface area contributed by atoms with Gasteiger partial charge in [0.1, 0.15) is 63.3 Å². The maximum Gasteiger partial charge on any atom is 0.491 e. The highest BCUT2D eigenvalue weighted by Gasteiger charge is 2.31. The molecule has 10 heterocycles. The van der Waals surface area contributed by atoms with Crippen LogP contribution in [0.25, 0.3) is 19.4 Å². The lowest BCUT2D eigenvalue weighted by atomic mass is 9.64. The highest BCUT2D eigenvalue weighted by atomic mass is 16.5. The van der Waals surface area contributed by atoms with Gasteiger partial charge in [0.05, 0.1) is 84.7 Å². The zero-order chi connectivity index (χ0) is 94.4. The number of benzene rings is 9. The second kappa shape index (κ2) is 50.1. The molecule has 32 heteroatoms. The summed E-state index contributed by atoms with van der Waals surface area (Å²) in [5.41, 5.74) is 25.2. The van der Waals surface area contributed by atoms with E-state index < -0.39 is 7.12 Å². The van der Waals surface area contributed by atoms with Gasteiger partial charge in [-0.3, -0.25) is 0 Å². The van der Waals surface area contributed by atoms with E-state index >= 15 is 0 Å². The van der Waals surface area contributed by atoms with Crippen molar-refractivity contribution in [1.29, 1.82) is 0 Å². The van der Waals surface area contributed by atoms with Gasteiger partial charge in [0, 0.05) is 19.2 Å². The molecule has 691 valence electrons. The van der Waals surface area contributed by atoms with Crippen molar-refractivity contribution >= 4 is 104 Å². The molecular formula is C104H111B6N10O16. The lowest BCUT2D eigenvalue weighted by Gasteiger charge is -2.18. The van der Waals surface area contributed by atoms with Gasteiger partial charge in [-0.2, -0.15) is 9.97 Å². The summed E-state index contributed by atoms with van der Waals surface area (Å²) in [5.74, 6) is 10.2. The van der Waals surface area contributed by atoms with Crippen molar-refractivity contribution in [3.63, 3.8) is 0 Å². The molecule has 0 unspecified atom stereocenters. The van der Waals surface area contributed by atoms with Crippen LogP contribution in [0.5, 0.6) is 86.9 Å². The molecule has 3 fully saturated rings. The third-order valence-corrected chi connectivity index (χ3v) is 23.1. The van der Waals surface area contributed by atoms with Gasteiger partial charge < -0.3 is 91.9 Å². The van der Waals surface area contributed by atoms with Crippen molar-refractivity contribution in [3.8, 4) is 86.9 Å². The predicted molar refractivity (Wildman–Crippen MR) is 537 cm³/mol. The molecule has 12 aromatic rings. The average molecular weight is 1820 g/mol. The fraction of sp³-hybridized carbons (Fsp3) is 0.298. The van der Waals surface area contributed by atoms with Crippen molar-refractivity contribution < 1.29 is 75.6 Å². The number of pyridine rings is 3. The standard InChI is InChI=1S/C20H20BNO3.C18H17BN2O4.C17H15BN3O2.C16H15BN2O3.2C14H13BO2.2C2H7N.CH4/c1-21-18-9-7-16(11-14(18)13-23-21)24-17-8-10-19(22-2)20(12-17)25-15-5-3-4-6-15;1-20-16-8-9-17(21-18(16)25-13-4-2-3-5-13)24-14-6-7-15-12(10-14)11-23-19(15)22;1-19-15-6-7-16(20-17(15)21-8-2-3-9-21)23-13-4-5-14-12(10-13)11-22-18-14;1-4-20-16-14(18-3)7-8-15(19-16)22-12-5-6-13-11(9-12)10-21-17(13)2;1-15-14-8-7-13(9-11(14)10-16-15)17-12-5-3-2-4-6-12;1-15-14-9-13(8-7-11(14)10-16-15)17-12-5-3-2-4-6-12;2*1-2-3;/h7-12,15H,3-6,13H2,1H3;6-10,13,22H,2-5,11H2;4-7,10H,2-3,8-9,11H2;5-9H,4,10H2,1-2H3;2*2-9H,10H2,1H3;2*2-3H2,1H3;1H4. The Bertz CT molecular complexity index is 6030. The lowest BCUT2D eigenvalue weighted by Crippen LogP contribution is -2.27.